The van der Waals surface area contributed by atoms with Crippen LogP contribution in [0.15, 0.2) is 34.1 Å². The third-order valence-corrected chi connectivity index (χ3v) is 4.57. The van der Waals surface area contributed by atoms with E-state index in [4.69, 9.17) is 22.1 Å². The van der Waals surface area contributed by atoms with Gasteiger partial charge >= 0.3 is 0 Å². The average Bonchev–Trinajstić information content (AvgIpc) is 2.77. The molecular weight excluding hydrogens is 334 g/mol. The summed E-state index contributed by atoms with van der Waals surface area (Å²) in [6.07, 6.45) is -0.166. The van der Waals surface area contributed by atoms with Gasteiger partial charge in [-0.1, -0.05) is 17.7 Å². The van der Waals surface area contributed by atoms with Crippen LogP contribution in [0.5, 0.6) is 5.75 Å². The van der Waals surface area contributed by atoms with Gasteiger partial charge in [-0.05, 0) is 46.6 Å². The molecule has 1 atom stereocenters. The molecular formula is C13H13BrClNOS. The highest BCUT2D eigenvalue weighted by atomic mass is 79.9. The van der Waals surface area contributed by atoms with Crippen molar-refractivity contribution >= 4 is 38.9 Å². The molecule has 0 amide bonds. The molecule has 2 N–H and O–H groups in total. The summed E-state index contributed by atoms with van der Waals surface area (Å²) in [5.41, 5.74) is 6.88. The van der Waals surface area contributed by atoms with E-state index in [2.05, 4.69) is 15.9 Å². The minimum Gasteiger partial charge on any atom is -0.482 e. The fourth-order valence-electron chi connectivity index (χ4n) is 1.57. The summed E-state index contributed by atoms with van der Waals surface area (Å²) in [5, 5.41) is 2.62. The summed E-state index contributed by atoms with van der Waals surface area (Å²) in [6.45, 7) is 2.42. The molecule has 2 nitrogen and oxygen atoms in total. The van der Waals surface area contributed by atoms with Gasteiger partial charge in [0.15, 0.2) is 0 Å². The number of rotatable bonds is 4. The third kappa shape index (κ3) is 3.26. The van der Waals surface area contributed by atoms with Gasteiger partial charge in [0.2, 0.25) is 0 Å². The maximum atomic E-state index is 6.12. The molecule has 18 heavy (non-hydrogen) atoms. The van der Waals surface area contributed by atoms with E-state index in [1.165, 1.54) is 0 Å². The molecule has 0 saturated carbocycles. The van der Waals surface area contributed by atoms with E-state index < -0.39 is 0 Å². The lowest BCUT2D eigenvalue weighted by Crippen LogP contribution is -2.17. The molecule has 0 saturated heterocycles. The lowest BCUT2D eigenvalue weighted by molar-refractivity contribution is 0.218. The van der Waals surface area contributed by atoms with Gasteiger partial charge in [-0.25, -0.2) is 0 Å². The highest BCUT2D eigenvalue weighted by Crippen LogP contribution is 2.32. The maximum Gasteiger partial charge on any atom is 0.145 e. The molecule has 0 spiro atoms. The Labute approximate surface area is 124 Å². The predicted molar refractivity (Wildman–Crippen MR) is 80.6 cm³/mol. The van der Waals surface area contributed by atoms with Crippen molar-refractivity contribution < 1.29 is 4.74 Å². The topological polar surface area (TPSA) is 35.2 Å². The molecule has 5 heteroatoms. The largest absolute Gasteiger partial charge is 0.482 e. The number of halogens is 2. The fourth-order valence-corrected chi connectivity index (χ4v) is 3.22. The van der Waals surface area contributed by atoms with Crippen LogP contribution in [0.3, 0.4) is 0 Å². The number of aryl methyl sites for hydroxylation is 1. The van der Waals surface area contributed by atoms with E-state index in [1.54, 1.807) is 11.3 Å². The van der Waals surface area contributed by atoms with Crippen molar-refractivity contribution in [3.8, 4) is 5.75 Å². The van der Waals surface area contributed by atoms with Crippen LogP contribution in [0.2, 0.25) is 5.02 Å². The van der Waals surface area contributed by atoms with Gasteiger partial charge in [0.05, 0.1) is 5.02 Å². The molecule has 0 radical (unpaired) electrons. The van der Waals surface area contributed by atoms with Crippen molar-refractivity contribution in [3.05, 3.63) is 49.6 Å². The van der Waals surface area contributed by atoms with Crippen LogP contribution < -0.4 is 10.5 Å². The first-order chi connectivity index (χ1) is 8.60. The van der Waals surface area contributed by atoms with Crippen LogP contribution in [0.1, 0.15) is 16.5 Å². The first kappa shape index (κ1) is 13.9. The molecule has 1 aromatic heterocycles. The van der Waals surface area contributed by atoms with E-state index in [1.807, 2.05) is 36.6 Å². The molecule has 96 valence electrons. The number of nitrogens with two attached hydrogens (primary N) is 1. The second-order valence-electron chi connectivity index (χ2n) is 3.94. The third-order valence-electron chi connectivity index (χ3n) is 2.48. The standard InChI is InChI=1S/C13H13BrClNOS/c1-8-2-3-10(15)11(4-8)17-12(6-16)13-5-9(14)7-18-13/h2-5,7,12H,6,16H2,1H3. The van der Waals surface area contributed by atoms with E-state index in [0.717, 1.165) is 14.9 Å². The van der Waals surface area contributed by atoms with Crippen LogP contribution in [-0.2, 0) is 0 Å². The Morgan fingerprint density at radius 1 is 1.44 bits per heavy atom. The highest BCUT2D eigenvalue weighted by molar-refractivity contribution is 9.10. The van der Waals surface area contributed by atoms with Gasteiger partial charge < -0.3 is 10.5 Å². The second-order valence-corrected chi connectivity index (χ2v) is 6.21. The zero-order chi connectivity index (χ0) is 13.1. The lowest BCUT2D eigenvalue weighted by atomic mass is 10.2. The van der Waals surface area contributed by atoms with Gasteiger partial charge in [-0.2, -0.15) is 0 Å². The van der Waals surface area contributed by atoms with Crippen molar-refractivity contribution in [2.24, 2.45) is 5.73 Å². The van der Waals surface area contributed by atoms with Gasteiger partial charge in [0.1, 0.15) is 11.9 Å². The second kappa shape index (κ2) is 6.06. The molecule has 1 heterocycles. The zero-order valence-corrected chi connectivity index (χ0v) is 13.0. The van der Waals surface area contributed by atoms with Crippen LogP contribution in [0.4, 0.5) is 0 Å². The van der Waals surface area contributed by atoms with Crippen molar-refractivity contribution in [3.63, 3.8) is 0 Å². The Balaban J connectivity index is 2.22. The predicted octanol–water partition coefficient (Wildman–Crippen LogP) is 4.55. The Morgan fingerprint density at radius 2 is 2.22 bits per heavy atom. The summed E-state index contributed by atoms with van der Waals surface area (Å²) in [7, 11) is 0. The van der Waals surface area contributed by atoms with Gasteiger partial charge in [-0.3, -0.25) is 0 Å². The van der Waals surface area contributed by atoms with Crippen LogP contribution in [0.25, 0.3) is 0 Å². The van der Waals surface area contributed by atoms with Gasteiger partial charge in [0, 0.05) is 21.3 Å². The first-order valence-corrected chi connectivity index (χ1v) is 7.52. The Kier molecular flexibility index (Phi) is 4.67. The smallest absolute Gasteiger partial charge is 0.145 e. The molecule has 0 aliphatic carbocycles. The van der Waals surface area contributed by atoms with Crippen LogP contribution in [0, 0.1) is 6.92 Å². The summed E-state index contributed by atoms with van der Waals surface area (Å²) < 4.78 is 6.95. The Hall–Kier alpha value is -0.550. The highest BCUT2D eigenvalue weighted by Gasteiger charge is 2.15. The minimum absolute atomic E-state index is 0.166. The fraction of sp³-hybridized carbons (Fsp3) is 0.231. The summed E-state index contributed by atoms with van der Waals surface area (Å²) in [4.78, 5) is 1.09. The molecule has 0 aliphatic heterocycles. The van der Waals surface area contributed by atoms with E-state index in [0.29, 0.717) is 17.3 Å². The molecule has 0 fully saturated rings. The molecule has 0 bridgehead atoms. The first-order valence-electron chi connectivity index (χ1n) is 5.47. The van der Waals surface area contributed by atoms with Crippen molar-refractivity contribution in [1.82, 2.24) is 0 Å². The monoisotopic (exact) mass is 345 g/mol. The SMILES string of the molecule is Cc1ccc(Cl)c(OC(CN)c2cc(Br)cs2)c1. The molecule has 1 aromatic carbocycles. The molecule has 1 unspecified atom stereocenters. The van der Waals surface area contributed by atoms with E-state index in [-0.39, 0.29) is 6.10 Å². The number of hydrogen-bond donors (Lipinski definition) is 1. The van der Waals surface area contributed by atoms with Crippen molar-refractivity contribution in [2.75, 3.05) is 6.54 Å². The number of thiophene rings is 1. The van der Waals surface area contributed by atoms with E-state index in [9.17, 15) is 0 Å². The number of benzene rings is 1. The normalized spacial score (nSPS) is 12.4. The van der Waals surface area contributed by atoms with Crippen LogP contribution >= 0.6 is 38.9 Å². The zero-order valence-electron chi connectivity index (χ0n) is 9.82. The quantitative estimate of drug-likeness (QED) is 0.881. The van der Waals surface area contributed by atoms with Gasteiger partial charge in [-0.15, -0.1) is 11.3 Å². The summed E-state index contributed by atoms with van der Waals surface area (Å²) in [5.74, 6) is 0.677. The summed E-state index contributed by atoms with van der Waals surface area (Å²) in [6, 6.07) is 7.73. The number of hydrogen-bond acceptors (Lipinski definition) is 3. The molecule has 0 aliphatic rings. The minimum atomic E-state index is -0.166. The summed E-state index contributed by atoms with van der Waals surface area (Å²) >= 11 is 11.2. The molecule has 2 rings (SSSR count). The lowest BCUT2D eigenvalue weighted by Gasteiger charge is -2.17. The number of ether oxygens (including phenoxy) is 1. The Morgan fingerprint density at radius 3 is 2.83 bits per heavy atom. The average molecular weight is 347 g/mol. The van der Waals surface area contributed by atoms with Crippen molar-refractivity contribution in [2.45, 2.75) is 13.0 Å². The van der Waals surface area contributed by atoms with Crippen molar-refractivity contribution in [1.29, 1.82) is 0 Å². The molecule has 2 aromatic rings. The van der Waals surface area contributed by atoms with E-state index >= 15 is 0 Å². The maximum absolute atomic E-state index is 6.12. The Bertz CT molecular complexity index is 544. The van der Waals surface area contributed by atoms with Gasteiger partial charge in [0.25, 0.3) is 0 Å². The van der Waals surface area contributed by atoms with Crippen LogP contribution in [-0.4, -0.2) is 6.54 Å².